The molecule has 1 fully saturated rings. The van der Waals surface area contributed by atoms with Crippen molar-refractivity contribution in [3.05, 3.63) is 0 Å². The minimum atomic E-state index is -0.691. The normalized spacial score (nSPS) is 25.9. The highest BCUT2D eigenvalue weighted by Gasteiger charge is 2.39. The summed E-state index contributed by atoms with van der Waals surface area (Å²) in [6, 6.07) is -0.691. The second-order valence-electron chi connectivity index (χ2n) is 4.52. The standard InChI is InChI=1S/C11H21N3O3/c1-2-3-7(5-12)11(17)14-6-8(15)4-9(14)10(13)16/h7-9,15H,2-6,12H2,1H3,(H2,13,16). The summed E-state index contributed by atoms with van der Waals surface area (Å²) in [5.41, 5.74) is 10.8. The van der Waals surface area contributed by atoms with Gasteiger partial charge in [0.15, 0.2) is 0 Å². The van der Waals surface area contributed by atoms with Crippen LogP contribution in [0.15, 0.2) is 0 Å². The van der Waals surface area contributed by atoms with E-state index < -0.39 is 18.1 Å². The van der Waals surface area contributed by atoms with Gasteiger partial charge >= 0.3 is 0 Å². The van der Waals surface area contributed by atoms with Gasteiger partial charge in [0.25, 0.3) is 0 Å². The van der Waals surface area contributed by atoms with Crippen molar-refractivity contribution in [3.8, 4) is 0 Å². The van der Waals surface area contributed by atoms with E-state index in [1.165, 1.54) is 4.90 Å². The van der Waals surface area contributed by atoms with Gasteiger partial charge in [-0.15, -0.1) is 0 Å². The lowest BCUT2D eigenvalue weighted by molar-refractivity contribution is -0.140. The Bertz CT molecular complexity index is 296. The first-order valence-electron chi connectivity index (χ1n) is 5.99. The summed E-state index contributed by atoms with van der Waals surface area (Å²) in [4.78, 5) is 24.7. The molecule has 1 saturated heterocycles. The average molecular weight is 243 g/mol. The maximum absolute atomic E-state index is 12.2. The number of hydrogen-bond donors (Lipinski definition) is 3. The van der Waals surface area contributed by atoms with Crippen LogP contribution in [0.1, 0.15) is 26.2 Å². The van der Waals surface area contributed by atoms with Crippen molar-refractivity contribution >= 4 is 11.8 Å². The molecule has 0 aromatic rings. The molecule has 3 atom stereocenters. The molecule has 6 nitrogen and oxygen atoms in total. The summed E-state index contributed by atoms with van der Waals surface area (Å²) < 4.78 is 0. The van der Waals surface area contributed by atoms with E-state index in [0.29, 0.717) is 6.42 Å². The van der Waals surface area contributed by atoms with Crippen molar-refractivity contribution in [1.29, 1.82) is 0 Å². The molecule has 1 rings (SSSR count). The van der Waals surface area contributed by atoms with E-state index in [0.717, 1.165) is 6.42 Å². The first kappa shape index (κ1) is 13.9. The van der Waals surface area contributed by atoms with Crippen LogP contribution >= 0.6 is 0 Å². The number of carbonyl (C=O) groups is 2. The van der Waals surface area contributed by atoms with Crippen LogP contribution in [0, 0.1) is 5.92 Å². The molecule has 0 aliphatic carbocycles. The Morgan fingerprint density at radius 1 is 1.53 bits per heavy atom. The second-order valence-corrected chi connectivity index (χ2v) is 4.52. The number of β-amino-alcohol motifs (C(OH)–C–C–N with tert-alkyl or cyclic N) is 1. The van der Waals surface area contributed by atoms with Gasteiger partial charge in [-0.3, -0.25) is 9.59 Å². The zero-order valence-corrected chi connectivity index (χ0v) is 10.1. The van der Waals surface area contributed by atoms with Gasteiger partial charge in [0.2, 0.25) is 11.8 Å². The van der Waals surface area contributed by atoms with Crippen LogP contribution in [0.2, 0.25) is 0 Å². The monoisotopic (exact) mass is 243 g/mol. The summed E-state index contributed by atoms with van der Waals surface area (Å²) >= 11 is 0. The molecule has 17 heavy (non-hydrogen) atoms. The highest BCUT2D eigenvalue weighted by atomic mass is 16.3. The van der Waals surface area contributed by atoms with Crippen LogP contribution in [0.5, 0.6) is 0 Å². The molecule has 5 N–H and O–H groups in total. The summed E-state index contributed by atoms with van der Waals surface area (Å²) in [5.74, 6) is -1.02. The number of hydrogen-bond acceptors (Lipinski definition) is 4. The van der Waals surface area contributed by atoms with E-state index in [4.69, 9.17) is 11.5 Å². The van der Waals surface area contributed by atoms with Gasteiger partial charge in [-0.05, 0) is 6.42 Å². The number of rotatable bonds is 5. The molecule has 2 amide bonds. The van der Waals surface area contributed by atoms with Gasteiger partial charge in [0, 0.05) is 19.5 Å². The Kier molecular flexibility index (Phi) is 4.89. The molecule has 0 spiro atoms. The summed E-state index contributed by atoms with van der Waals surface area (Å²) in [6.07, 6.45) is 1.10. The van der Waals surface area contributed by atoms with Crippen molar-refractivity contribution in [2.24, 2.45) is 17.4 Å². The first-order valence-corrected chi connectivity index (χ1v) is 5.99. The van der Waals surface area contributed by atoms with Crippen molar-refractivity contribution in [1.82, 2.24) is 4.90 Å². The third-order valence-electron chi connectivity index (χ3n) is 3.16. The van der Waals surface area contributed by atoms with Gasteiger partial charge in [0.1, 0.15) is 6.04 Å². The van der Waals surface area contributed by atoms with Crippen molar-refractivity contribution < 1.29 is 14.7 Å². The highest BCUT2D eigenvalue weighted by molar-refractivity contribution is 5.88. The van der Waals surface area contributed by atoms with Crippen molar-refractivity contribution in [2.75, 3.05) is 13.1 Å². The minimum Gasteiger partial charge on any atom is -0.391 e. The molecule has 1 heterocycles. The molecule has 6 heteroatoms. The topological polar surface area (TPSA) is 110 Å². The Balaban J connectivity index is 2.75. The SMILES string of the molecule is CCCC(CN)C(=O)N1CC(O)CC1C(N)=O. The predicted molar refractivity (Wildman–Crippen MR) is 62.8 cm³/mol. The van der Waals surface area contributed by atoms with E-state index in [1.807, 2.05) is 6.92 Å². The smallest absolute Gasteiger partial charge is 0.240 e. The van der Waals surface area contributed by atoms with E-state index in [1.54, 1.807) is 0 Å². The lowest BCUT2D eigenvalue weighted by Crippen LogP contribution is -2.47. The summed E-state index contributed by atoms with van der Waals surface area (Å²) in [7, 11) is 0. The number of nitrogens with two attached hydrogens (primary N) is 2. The first-order chi connectivity index (χ1) is 8.01. The Labute approximate surface area is 101 Å². The van der Waals surface area contributed by atoms with Crippen molar-refractivity contribution in [3.63, 3.8) is 0 Å². The lowest BCUT2D eigenvalue weighted by Gasteiger charge is -2.26. The number of likely N-dealkylation sites (tertiary alicyclic amines) is 1. The lowest BCUT2D eigenvalue weighted by atomic mass is 10.0. The van der Waals surface area contributed by atoms with Crippen LogP contribution < -0.4 is 11.5 Å². The molecular weight excluding hydrogens is 222 g/mol. The fourth-order valence-electron chi connectivity index (χ4n) is 2.25. The molecule has 0 saturated carbocycles. The van der Waals surface area contributed by atoms with Gasteiger partial charge in [-0.25, -0.2) is 0 Å². The van der Waals surface area contributed by atoms with E-state index in [2.05, 4.69) is 0 Å². The maximum Gasteiger partial charge on any atom is 0.240 e. The molecule has 1 aliphatic rings. The Morgan fingerprint density at radius 2 is 2.18 bits per heavy atom. The summed E-state index contributed by atoms with van der Waals surface area (Å²) in [6.45, 7) is 2.40. The van der Waals surface area contributed by atoms with Crippen LogP contribution in [0.3, 0.4) is 0 Å². The minimum absolute atomic E-state index is 0.172. The van der Waals surface area contributed by atoms with Gasteiger partial charge < -0.3 is 21.5 Å². The quantitative estimate of drug-likeness (QED) is 0.564. The molecule has 0 radical (unpaired) electrons. The Hall–Kier alpha value is -1.14. The number of aliphatic hydroxyl groups is 1. The van der Waals surface area contributed by atoms with Crippen LogP contribution in [0.25, 0.3) is 0 Å². The number of aliphatic hydroxyl groups excluding tert-OH is 1. The maximum atomic E-state index is 12.2. The van der Waals surface area contributed by atoms with Crippen LogP contribution in [-0.2, 0) is 9.59 Å². The third-order valence-corrected chi connectivity index (χ3v) is 3.16. The van der Waals surface area contributed by atoms with Crippen LogP contribution in [-0.4, -0.2) is 47.1 Å². The second kappa shape index (κ2) is 5.97. The zero-order valence-electron chi connectivity index (χ0n) is 10.1. The average Bonchev–Trinajstić information content (AvgIpc) is 2.67. The van der Waals surface area contributed by atoms with Gasteiger partial charge in [0.05, 0.1) is 12.0 Å². The molecule has 3 unspecified atom stereocenters. The molecular formula is C11H21N3O3. The molecule has 0 bridgehead atoms. The molecule has 0 aromatic carbocycles. The number of carbonyl (C=O) groups excluding carboxylic acids is 2. The third kappa shape index (κ3) is 3.17. The van der Waals surface area contributed by atoms with E-state index in [9.17, 15) is 14.7 Å². The predicted octanol–water partition coefficient (Wildman–Crippen LogP) is -1.19. The molecule has 98 valence electrons. The van der Waals surface area contributed by atoms with E-state index >= 15 is 0 Å². The van der Waals surface area contributed by atoms with E-state index in [-0.39, 0.29) is 31.3 Å². The molecule has 1 aliphatic heterocycles. The number of nitrogens with zero attached hydrogens (tertiary/aromatic N) is 1. The fourth-order valence-corrected chi connectivity index (χ4v) is 2.25. The molecule has 0 aromatic heterocycles. The van der Waals surface area contributed by atoms with Gasteiger partial charge in [-0.1, -0.05) is 13.3 Å². The van der Waals surface area contributed by atoms with Crippen molar-refractivity contribution in [2.45, 2.75) is 38.3 Å². The zero-order chi connectivity index (χ0) is 13.0. The number of amides is 2. The van der Waals surface area contributed by atoms with Gasteiger partial charge in [-0.2, -0.15) is 0 Å². The Morgan fingerprint density at radius 3 is 2.65 bits per heavy atom. The fraction of sp³-hybridized carbons (Fsp3) is 0.818. The highest BCUT2D eigenvalue weighted by Crippen LogP contribution is 2.21. The van der Waals surface area contributed by atoms with Crippen LogP contribution in [0.4, 0.5) is 0 Å². The largest absolute Gasteiger partial charge is 0.391 e. The number of primary amides is 1. The summed E-state index contributed by atoms with van der Waals surface area (Å²) in [5, 5.41) is 9.52.